The molecule has 0 aromatic heterocycles. The summed E-state index contributed by atoms with van der Waals surface area (Å²) in [6, 6.07) is 0. The van der Waals surface area contributed by atoms with Crippen molar-refractivity contribution in [3.63, 3.8) is 0 Å². The first-order valence-electron chi connectivity index (χ1n) is 5.08. The number of rotatable bonds is 2. The fourth-order valence-corrected chi connectivity index (χ4v) is 1.89. The normalized spacial score (nSPS) is 21.6. The van der Waals surface area contributed by atoms with Crippen LogP contribution in [0.2, 0.25) is 0 Å². The SMILES string of the molecule is CCC(Br)C(=O)N1CCC(C)CC1. The zero-order chi connectivity index (χ0) is 9.84. The highest BCUT2D eigenvalue weighted by Gasteiger charge is 2.23. The van der Waals surface area contributed by atoms with Crippen molar-refractivity contribution >= 4 is 21.8 Å². The van der Waals surface area contributed by atoms with Crippen LogP contribution in [0.15, 0.2) is 0 Å². The standard InChI is InChI=1S/C10H18BrNO/c1-3-9(11)10(13)12-6-4-8(2)5-7-12/h8-9H,3-7H2,1-2H3. The lowest BCUT2D eigenvalue weighted by molar-refractivity contribution is -0.131. The minimum Gasteiger partial charge on any atom is -0.342 e. The highest BCUT2D eigenvalue weighted by Crippen LogP contribution is 2.18. The number of likely N-dealkylation sites (tertiary alicyclic amines) is 1. The van der Waals surface area contributed by atoms with E-state index in [0.717, 1.165) is 38.3 Å². The molecule has 0 aliphatic carbocycles. The summed E-state index contributed by atoms with van der Waals surface area (Å²) in [7, 11) is 0. The van der Waals surface area contributed by atoms with E-state index in [4.69, 9.17) is 0 Å². The molecule has 0 aromatic carbocycles. The van der Waals surface area contributed by atoms with Gasteiger partial charge in [0, 0.05) is 13.1 Å². The van der Waals surface area contributed by atoms with Gasteiger partial charge >= 0.3 is 0 Å². The molecule has 0 saturated carbocycles. The minimum atomic E-state index is 0.0286. The number of piperidine rings is 1. The van der Waals surface area contributed by atoms with Crippen LogP contribution in [0, 0.1) is 5.92 Å². The lowest BCUT2D eigenvalue weighted by atomic mass is 9.99. The van der Waals surface area contributed by atoms with Gasteiger partial charge in [0.2, 0.25) is 5.91 Å². The third-order valence-corrected chi connectivity index (χ3v) is 3.76. The molecular formula is C10H18BrNO. The Morgan fingerprint density at radius 3 is 2.54 bits per heavy atom. The maximum Gasteiger partial charge on any atom is 0.236 e. The summed E-state index contributed by atoms with van der Waals surface area (Å²) >= 11 is 3.40. The molecule has 0 bridgehead atoms. The third kappa shape index (κ3) is 2.97. The summed E-state index contributed by atoms with van der Waals surface area (Å²) in [5.41, 5.74) is 0. The Balaban J connectivity index is 2.40. The number of nitrogens with zero attached hydrogens (tertiary/aromatic N) is 1. The summed E-state index contributed by atoms with van der Waals surface area (Å²) < 4.78 is 0. The van der Waals surface area contributed by atoms with Crippen LogP contribution in [0.25, 0.3) is 0 Å². The molecule has 1 fully saturated rings. The van der Waals surface area contributed by atoms with Crippen molar-refractivity contribution in [2.75, 3.05) is 13.1 Å². The van der Waals surface area contributed by atoms with E-state index in [-0.39, 0.29) is 10.7 Å². The summed E-state index contributed by atoms with van der Waals surface area (Å²) in [5, 5.41) is 0. The average Bonchev–Trinajstić information content (AvgIpc) is 2.17. The number of halogens is 1. The van der Waals surface area contributed by atoms with E-state index in [0.29, 0.717) is 0 Å². The molecule has 0 N–H and O–H groups in total. The monoisotopic (exact) mass is 247 g/mol. The van der Waals surface area contributed by atoms with Crippen molar-refractivity contribution in [2.45, 2.75) is 37.9 Å². The Morgan fingerprint density at radius 1 is 1.54 bits per heavy atom. The smallest absolute Gasteiger partial charge is 0.236 e. The van der Waals surface area contributed by atoms with Crippen molar-refractivity contribution in [3.8, 4) is 0 Å². The van der Waals surface area contributed by atoms with Crippen LogP contribution in [0.3, 0.4) is 0 Å². The number of carbonyl (C=O) groups excluding carboxylic acids is 1. The van der Waals surface area contributed by atoms with E-state index in [9.17, 15) is 4.79 Å². The molecule has 1 unspecified atom stereocenters. The van der Waals surface area contributed by atoms with Crippen molar-refractivity contribution in [3.05, 3.63) is 0 Å². The summed E-state index contributed by atoms with van der Waals surface area (Å²) in [5.74, 6) is 1.06. The van der Waals surface area contributed by atoms with Crippen molar-refractivity contribution < 1.29 is 4.79 Å². The highest BCUT2D eigenvalue weighted by molar-refractivity contribution is 9.10. The van der Waals surface area contributed by atoms with Gasteiger partial charge in [0.05, 0.1) is 4.83 Å². The molecule has 13 heavy (non-hydrogen) atoms. The molecule has 1 aliphatic heterocycles. The van der Waals surface area contributed by atoms with Crippen LogP contribution in [0.4, 0.5) is 0 Å². The van der Waals surface area contributed by atoms with E-state index < -0.39 is 0 Å². The molecule has 0 radical (unpaired) electrons. The lowest BCUT2D eigenvalue weighted by Crippen LogP contribution is -2.41. The maximum atomic E-state index is 11.7. The highest BCUT2D eigenvalue weighted by atomic mass is 79.9. The van der Waals surface area contributed by atoms with Crippen LogP contribution >= 0.6 is 15.9 Å². The topological polar surface area (TPSA) is 20.3 Å². The van der Waals surface area contributed by atoms with Gasteiger partial charge in [-0.05, 0) is 25.2 Å². The summed E-state index contributed by atoms with van der Waals surface area (Å²) in [4.78, 5) is 13.7. The second kappa shape index (κ2) is 4.99. The van der Waals surface area contributed by atoms with Gasteiger partial charge in [-0.25, -0.2) is 0 Å². The zero-order valence-electron chi connectivity index (χ0n) is 8.42. The van der Waals surface area contributed by atoms with Crippen molar-refractivity contribution in [1.82, 2.24) is 4.90 Å². The largest absolute Gasteiger partial charge is 0.342 e. The Bertz CT molecular complexity index is 176. The molecular weight excluding hydrogens is 230 g/mol. The Kier molecular flexibility index (Phi) is 4.23. The van der Waals surface area contributed by atoms with Crippen molar-refractivity contribution in [1.29, 1.82) is 0 Å². The van der Waals surface area contributed by atoms with Gasteiger partial charge in [-0.15, -0.1) is 0 Å². The van der Waals surface area contributed by atoms with E-state index in [1.54, 1.807) is 0 Å². The fraction of sp³-hybridized carbons (Fsp3) is 0.900. The van der Waals surface area contributed by atoms with Gasteiger partial charge in [0.25, 0.3) is 0 Å². The van der Waals surface area contributed by atoms with Crippen LogP contribution in [0.1, 0.15) is 33.1 Å². The van der Waals surface area contributed by atoms with Crippen LogP contribution in [0.5, 0.6) is 0 Å². The first kappa shape index (κ1) is 11.0. The molecule has 1 atom stereocenters. The fourth-order valence-electron chi connectivity index (χ4n) is 1.60. The van der Waals surface area contributed by atoms with Crippen LogP contribution < -0.4 is 0 Å². The van der Waals surface area contributed by atoms with Gasteiger partial charge in [0.15, 0.2) is 0 Å². The molecule has 3 heteroatoms. The minimum absolute atomic E-state index is 0.0286. The first-order valence-corrected chi connectivity index (χ1v) is 5.99. The number of hydrogen-bond donors (Lipinski definition) is 0. The quantitative estimate of drug-likeness (QED) is 0.687. The van der Waals surface area contributed by atoms with E-state index >= 15 is 0 Å². The predicted octanol–water partition coefficient (Wildman–Crippen LogP) is 2.42. The molecule has 0 spiro atoms. The predicted molar refractivity (Wildman–Crippen MR) is 58.0 cm³/mol. The number of hydrogen-bond acceptors (Lipinski definition) is 1. The molecule has 1 heterocycles. The first-order chi connectivity index (χ1) is 6.15. The Morgan fingerprint density at radius 2 is 2.08 bits per heavy atom. The summed E-state index contributed by atoms with van der Waals surface area (Å²) in [6.45, 7) is 6.18. The zero-order valence-corrected chi connectivity index (χ0v) is 10.0. The molecule has 1 rings (SSSR count). The Hall–Kier alpha value is -0.0500. The molecule has 1 aliphatic rings. The van der Waals surface area contributed by atoms with E-state index in [1.165, 1.54) is 0 Å². The van der Waals surface area contributed by atoms with Gasteiger partial charge < -0.3 is 4.90 Å². The third-order valence-electron chi connectivity index (χ3n) is 2.72. The molecule has 1 amide bonds. The van der Waals surface area contributed by atoms with E-state index in [2.05, 4.69) is 22.9 Å². The number of amides is 1. The lowest BCUT2D eigenvalue weighted by Gasteiger charge is -2.31. The van der Waals surface area contributed by atoms with Crippen molar-refractivity contribution in [2.24, 2.45) is 5.92 Å². The number of alkyl halides is 1. The average molecular weight is 248 g/mol. The van der Waals surface area contributed by atoms with E-state index in [1.807, 2.05) is 11.8 Å². The summed E-state index contributed by atoms with van der Waals surface area (Å²) in [6.07, 6.45) is 3.20. The molecule has 76 valence electrons. The van der Waals surface area contributed by atoms with Gasteiger partial charge in [-0.1, -0.05) is 29.8 Å². The van der Waals surface area contributed by atoms with Gasteiger partial charge in [0.1, 0.15) is 0 Å². The van der Waals surface area contributed by atoms with Crippen LogP contribution in [-0.2, 0) is 4.79 Å². The maximum absolute atomic E-state index is 11.7. The van der Waals surface area contributed by atoms with Gasteiger partial charge in [-0.2, -0.15) is 0 Å². The Labute approximate surface area is 88.8 Å². The number of carbonyl (C=O) groups is 1. The second-order valence-electron chi connectivity index (χ2n) is 3.88. The molecule has 0 aromatic rings. The molecule has 1 saturated heterocycles. The van der Waals surface area contributed by atoms with Gasteiger partial charge in [-0.3, -0.25) is 4.79 Å². The molecule has 2 nitrogen and oxygen atoms in total. The second-order valence-corrected chi connectivity index (χ2v) is 4.99. The van der Waals surface area contributed by atoms with Crippen LogP contribution in [-0.4, -0.2) is 28.7 Å².